The van der Waals surface area contributed by atoms with Crippen LogP contribution in [-0.4, -0.2) is 10.3 Å². The predicted molar refractivity (Wildman–Crippen MR) is 67.1 cm³/mol. The predicted octanol–water partition coefficient (Wildman–Crippen LogP) is 2.29. The number of nitrogens with zero attached hydrogens (tertiary/aromatic N) is 2. The van der Waals surface area contributed by atoms with Crippen molar-refractivity contribution in [2.75, 3.05) is 0 Å². The summed E-state index contributed by atoms with van der Waals surface area (Å²) in [5.41, 5.74) is 9.45. The third-order valence-corrected chi connectivity index (χ3v) is 2.84. The van der Waals surface area contributed by atoms with Crippen LogP contribution in [-0.2, 0) is 6.61 Å². The maximum atomic E-state index is 5.83. The Balaban J connectivity index is 2.08. The van der Waals surface area contributed by atoms with Gasteiger partial charge >= 0.3 is 0 Å². The number of rotatable bonds is 4. The van der Waals surface area contributed by atoms with Gasteiger partial charge in [-0.2, -0.15) is 0 Å². The summed E-state index contributed by atoms with van der Waals surface area (Å²) >= 11 is 0. The van der Waals surface area contributed by atoms with Crippen molar-refractivity contribution in [2.24, 2.45) is 5.73 Å². The minimum atomic E-state index is 0.0275. The van der Waals surface area contributed by atoms with Crippen LogP contribution in [0.3, 0.4) is 0 Å². The van der Waals surface area contributed by atoms with Crippen molar-refractivity contribution in [3.63, 3.8) is 0 Å². The number of benzene rings is 1. The molecule has 0 spiro atoms. The number of nitrogens with two attached hydrogens (primary N) is 1. The molecule has 1 aromatic heterocycles. The van der Waals surface area contributed by atoms with E-state index < -0.39 is 0 Å². The zero-order chi connectivity index (χ0) is 13.1. The zero-order valence-corrected chi connectivity index (χ0v) is 10.8. The minimum absolute atomic E-state index is 0.0275. The van der Waals surface area contributed by atoms with Crippen molar-refractivity contribution in [2.45, 2.75) is 33.4 Å². The Morgan fingerprint density at radius 1 is 1.33 bits per heavy atom. The Labute approximate surface area is 106 Å². The summed E-state index contributed by atoms with van der Waals surface area (Å²) in [5, 5.41) is 7.48. The van der Waals surface area contributed by atoms with E-state index in [1.54, 1.807) is 0 Å². The van der Waals surface area contributed by atoms with E-state index in [0.29, 0.717) is 12.3 Å². The number of aryl methyl sites for hydroxylation is 2. The minimum Gasteiger partial charge on any atom is -0.487 e. The number of hydrogen-bond acceptors (Lipinski definition) is 5. The highest BCUT2D eigenvalue weighted by Gasteiger charge is 2.08. The van der Waals surface area contributed by atoms with E-state index in [1.165, 1.54) is 0 Å². The molecule has 0 radical (unpaired) electrons. The summed E-state index contributed by atoms with van der Waals surface area (Å²) in [7, 11) is 0. The van der Waals surface area contributed by atoms with Crippen LogP contribution in [0.1, 0.15) is 35.5 Å². The molecule has 2 aromatic rings. The lowest BCUT2D eigenvalue weighted by atomic mass is 10.1. The Hall–Kier alpha value is -1.88. The second-order valence-electron chi connectivity index (χ2n) is 4.40. The first kappa shape index (κ1) is 12.6. The van der Waals surface area contributed by atoms with E-state index in [0.717, 1.165) is 22.6 Å². The Kier molecular flexibility index (Phi) is 3.62. The number of hydrogen-bond donors (Lipinski definition) is 1. The molecule has 0 aliphatic carbocycles. The highest BCUT2D eigenvalue weighted by atomic mass is 16.6. The molecular weight excluding hydrogens is 230 g/mol. The van der Waals surface area contributed by atoms with Gasteiger partial charge in [-0.15, -0.1) is 0 Å². The van der Waals surface area contributed by atoms with Crippen LogP contribution in [0.5, 0.6) is 5.75 Å². The summed E-state index contributed by atoms with van der Waals surface area (Å²) in [4.78, 5) is 0. The highest BCUT2D eigenvalue weighted by Crippen LogP contribution is 2.22. The Morgan fingerprint density at radius 3 is 2.67 bits per heavy atom. The molecule has 1 heterocycles. The smallest absolute Gasteiger partial charge is 0.145 e. The molecule has 1 unspecified atom stereocenters. The van der Waals surface area contributed by atoms with Gasteiger partial charge in [0.05, 0.1) is 0 Å². The van der Waals surface area contributed by atoms with E-state index in [4.69, 9.17) is 10.5 Å². The van der Waals surface area contributed by atoms with E-state index in [1.807, 2.05) is 39.0 Å². The second-order valence-corrected chi connectivity index (χ2v) is 4.40. The van der Waals surface area contributed by atoms with Gasteiger partial charge in [-0.1, -0.05) is 22.4 Å². The standard InChI is InChI=1S/C13H17N3O2/c1-8-6-11(9(2)14)4-5-13(8)17-7-12-10(3)15-18-16-12/h4-6,9H,7,14H2,1-3H3. The molecule has 5 nitrogen and oxygen atoms in total. The third-order valence-electron chi connectivity index (χ3n) is 2.84. The molecule has 2 rings (SSSR count). The molecular formula is C13H17N3O2. The van der Waals surface area contributed by atoms with E-state index in [-0.39, 0.29) is 6.04 Å². The molecule has 5 heteroatoms. The molecule has 0 bridgehead atoms. The first-order chi connectivity index (χ1) is 8.58. The average molecular weight is 247 g/mol. The van der Waals surface area contributed by atoms with Crippen molar-refractivity contribution in [1.82, 2.24) is 10.3 Å². The summed E-state index contributed by atoms with van der Waals surface area (Å²) in [5.74, 6) is 0.821. The molecule has 0 aliphatic heterocycles. The van der Waals surface area contributed by atoms with Gasteiger partial charge < -0.3 is 10.5 Å². The maximum Gasteiger partial charge on any atom is 0.145 e. The molecule has 0 fully saturated rings. The second kappa shape index (κ2) is 5.18. The van der Waals surface area contributed by atoms with Crippen molar-refractivity contribution in [3.8, 4) is 5.75 Å². The van der Waals surface area contributed by atoms with Gasteiger partial charge in [-0.05, 0) is 38.0 Å². The fourth-order valence-electron chi connectivity index (χ4n) is 1.64. The molecule has 1 aromatic carbocycles. The van der Waals surface area contributed by atoms with Crippen LogP contribution in [0, 0.1) is 13.8 Å². The molecule has 0 saturated heterocycles. The highest BCUT2D eigenvalue weighted by molar-refractivity contribution is 5.37. The van der Waals surface area contributed by atoms with Crippen LogP contribution < -0.4 is 10.5 Å². The largest absolute Gasteiger partial charge is 0.487 e. The van der Waals surface area contributed by atoms with Gasteiger partial charge in [0.25, 0.3) is 0 Å². The zero-order valence-electron chi connectivity index (χ0n) is 10.8. The van der Waals surface area contributed by atoms with Gasteiger partial charge in [0, 0.05) is 6.04 Å². The van der Waals surface area contributed by atoms with Gasteiger partial charge in [-0.3, -0.25) is 0 Å². The van der Waals surface area contributed by atoms with Crippen LogP contribution in [0.2, 0.25) is 0 Å². The monoisotopic (exact) mass is 247 g/mol. The van der Waals surface area contributed by atoms with Gasteiger partial charge in [0.2, 0.25) is 0 Å². The molecule has 96 valence electrons. The van der Waals surface area contributed by atoms with Crippen LogP contribution >= 0.6 is 0 Å². The lowest BCUT2D eigenvalue weighted by molar-refractivity contribution is 0.269. The van der Waals surface area contributed by atoms with Crippen molar-refractivity contribution in [1.29, 1.82) is 0 Å². The van der Waals surface area contributed by atoms with Gasteiger partial charge in [0.1, 0.15) is 23.7 Å². The molecule has 1 atom stereocenters. The van der Waals surface area contributed by atoms with Gasteiger partial charge in [0.15, 0.2) is 0 Å². The van der Waals surface area contributed by atoms with E-state index in [2.05, 4.69) is 14.9 Å². The molecule has 0 aliphatic rings. The first-order valence-electron chi connectivity index (χ1n) is 5.85. The third kappa shape index (κ3) is 2.68. The Morgan fingerprint density at radius 2 is 2.11 bits per heavy atom. The average Bonchev–Trinajstić information content (AvgIpc) is 2.73. The molecule has 2 N–H and O–H groups in total. The fraction of sp³-hybridized carbons (Fsp3) is 0.385. The summed E-state index contributed by atoms with van der Waals surface area (Å²) in [6.45, 7) is 6.14. The molecule has 0 saturated carbocycles. The van der Waals surface area contributed by atoms with Crippen LogP contribution in [0.4, 0.5) is 0 Å². The Bertz CT molecular complexity index is 535. The van der Waals surface area contributed by atoms with E-state index in [9.17, 15) is 0 Å². The summed E-state index contributed by atoms with van der Waals surface area (Å²) < 4.78 is 10.3. The lowest BCUT2D eigenvalue weighted by Crippen LogP contribution is -2.06. The SMILES string of the molecule is Cc1cc(C(C)N)ccc1OCc1nonc1C. The lowest BCUT2D eigenvalue weighted by Gasteiger charge is -2.11. The van der Waals surface area contributed by atoms with Crippen LogP contribution in [0.15, 0.2) is 22.8 Å². The fourth-order valence-corrected chi connectivity index (χ4v) is 1.64. The van der Waals surface area contributed by atoms with Gasteiger partial charge in [-0.25, -0.2) is 4.63 Å². The number of aromatic nitrogens is 2. The van der Waals surface area contributed by atoms with Crippen molar-refractivity contribution in [3.05, 3.63) is 40.7 Å². The van der Waals surface area contributed by atoms with Crippen LogP contribution in [0.25, 0.3) is 0 Å². The normalized spacial score (nSPS) is 12.4. The van der Waals surface area contributed by atoms with E-state index >= 15 is 0 Å². The summed E-state index contributed by atoms with van der Waals surface area (Å²) in [6, 6.07) is 5.96. The quantitative estimate of drug-likeness (QED) is 0.897. The topological polar surface area (TPSA) is 74.2 Å². The summed E-state index contributed by atoms with van der Waals surface area (Å²) in [6.07, 6.45) is 0. The molecule has 0 amide bonds. The van der Waals surface area contributed by atoms with Crippen molar-refractivity contribution >= 4 is 0 Å². The van der Waals surface area contributed by atoms with Crippen molar-refractivity contribution < 1.29 is 9.37 Å². The molecule has 18 heavy (non-hydrogen) atoms. The number of ether oxygens (including phenoxy) is 1. The first-order valence-corrected chi connectivity index (χ1v) is 5.85. The maximum absolute atomic E-state index is 5.83.